The summed E-state index contributed by atoms with van der Waals surface area (Å²) in [6.07, 6.45) is 27.6. The predicted octanol–water partition coefficient (Wildman–Crippen LogP) is 12.3. The van der Waals surface area contributed by atoms with Crippen LogP contribution in [0.1, 0.15) is 194 Å². The van der Waals surface area contributed by atoms with Crippen LogP contribution in [-0.2, 0) is 34.6 Å². The molecule has 0 spiro atoms. The van der Waals surface area contributed by atoms with Gasteiger partial charge in [-0.1, -0.05) is 186 Å². The van der Waals surface area contributed by atoms with Gasteiger partial charge in [0.15, 0.2) is 0 Å². The summed E-state index contributed by atoms with van der Waals surface area (Å²) in [5.74, 6) is -0.580. The first kappa shape index (κ1) is 53.8. The Morgan fingerprint density at radius 2 is 0.929 bits per heavy atom. The maximum Gasteiger partial charge on any atom is 0.308 e. The summed E-state index contributed by atoms with van der Waals surface area (Å²) in [7, 11) is 1.39. The second-order valence-electron chi connectivity index (χ2n) is 15.7. The summed E-state index contributed by atoms with van der Waals surface area (Å²) in [6.45, 7) is 9.65. The molecule has 326 valence electrons. The van der Waals surface area contributed by atoms with Crippen LogP contribution in [0.5, 0.6) is 0 Å². The molecule has 1 rings (SSSR count). The topological polar surface area (TPSA) is 108 Å². The third-order valence-corrected chi connectivity index (χ3v) is 10.6. The van der Waals surface area contributed by atoms with E-state index >= 15 is 0 Å². The second-order valence-corrected chi connectivity index (χ2v) is 16.0. The van der Waals surface area contributed by atoms with Crippen molar-refractivity contribution in [3.63, 3.8) is 0 Å². The average molecular weight is 810 g/mol. The molecule has 0 aromatic heterocycles. The largest absolute Gasteiger partial charge is 0.464 e. The minimum atomic E-state index is -0.341. The van der Waals surface area contributed by atoms with Gasteiger partial charge in [-0.05, 0) is 37.7 Å². The van der Waals surface area contributed by atoms with Gasteiger partial charge in [0, 0.05) is 12.5 Å². The maximum atomic E-state index is 13.6. The van der Waals surface area contributed by atoms with E-state index in [-0.39, 0.29) is 68.4 Å². The van der Waals surface area contributed by atoms with Gasteiger partial charge in [-0.3, -0.25) is 18.7 Å². The van der Waals surface area contributed by atoms with Crippen molar-refractivity contribution in [1.82, 2.24) is 4.90 Å². The van der Waals surface area contributed by atoms with Crippen LogP contribution < -0.4 is 5.73 Å². The molecule has 1 aromatic rings. The molecule has 0 aliphatic carbocycles. The molecule has 3 unspecified atom stereocenters. The Kier molecular flexibility index (Phi) is 38.1. The standard InChI is InChI=1S/C46H82N2O5.CH3ClO/c1-5-9-13-17-19-26-32-41(30-24-15-11-7-3)45(50)52-36-34-48(44(49)39-43(47)38-40-28-22-21-23-29-40)35-37-53-46(51)42(31-25-16-12-8-4)33-27-20-18-14-10-6-2;1-3-2/h21-23,28-29,41-43H,5-20,24-27,30-39,47H2,1-4H3;1H3. The quantitative estimate of drug-likeness (QED) is 0.0531. The number of benzene rings is 1. The van der Waals surface area contributed by atoms with Crippen LogP contribution in [0.4, 0.5) is 0 Å². The zero-order valence-corrected chi connectivity index (χ0v) is 37.4. The molecule has 9 heteroatoms. The highest BCUT2D eigenvalue weighted by atomic mass is 35.5. The number of nitrogens with two attached hydrogens (primary N) is 1. The molecule has 0 aliphatic rings. The summed E-state index contributed by atoms with van der Waals surface area (Å²) in [5.41, 5.74) is 7.56. The number of esters is 2. The fourth-order valence-corrected chi connectivity index (χ4v) is 7.19. The highest BCUT2D eigenvalue weighted by molar-refractivity contribution is 6.07. The van der Waals surface area contributed by atoms with Gasteiger partial charge in [-0.25, -0.2) is 0 Å². The number of carbonyl (C=O) groups excluding carboxylic acids is 3. The van der Waals surface area contributed by atoms with Crippen LogP contribution in [-0.4, -0.2) is 62.2 Å². The Hall–Kier alpha value is -2.16. The first-order valence-electron chi connectivity index (χ1n) is 22.8. The van der Waals surface area contributed by atoms with Crippen molar-refractivity contribution in [2.24, 2.45) is 17.6 Å². The molecule has 0 radical (unpaired) electrons. The summed E-state index contributed by atoms with van der Waals surface area (Å²) < 4.78 is 15.5. The Morgan fingerprint density at radius 1 is 0.589 bits per heavy atom. The zero-order valence-electron chi connectivity index (χ0n) is 36.7. The molecule has 0 heterocycles. The first-order valence-corrected chi connectivity index (χ1v) is 23.1. The second kappa shape index (κ2) is 39.7. The Labute approximate surface area is 349 Å². The van der Waals surface area contributed by atoms with Crippen LogP contribution in [0.25, 0.3) is 0 Å². The SMILES string of the molecule is CCCCCCCCC(CCCCCC)C(=O)OCCN(CCOC(=O)C(CCCCCC)CCCCCCCC)C(=O)CC(N)Cc1ccccc1.COCl. The summed E-state index contributed by atoms with van der Waals surface area (Å²) in [6, 6.07) is 9.63. The van der Waals surface area contributed by atoms with E-state index in [0.29, 0.717) is 6.42 Å². The Balaban J connectivity index is 0.00000974. The molecule has 8 nitrogen and oxygen atoms in total. The van der Waals surface area contributed by atoms with Crippen LogP contribution in [0, 0.1) is 11.8 Å². The van der Waals surface area contributed by atoms with E-state index in [1.807, 2.05) is 30.3 Å². The Morgan fingerprint density at radius 3 is 1.30 bits per heavy atom. The van der Waals surface area contributed by atoms with E-state index in [4.69, 9.17) is 15.2 Å². The molecular weight excluding hydrogens is 724 g/mol. The number of ether oxygens (including phenoxy) is 2. The minimum absolute atomic E-state index is 0.0941. The highest BCUT2D eigenvalue weighted by Gasteiger charge is 2.23. The molecular formula is C47H85ClN2O6. The molecule has 2 N–H and O–H groups in total. The van der Waals surface area contributed by atoms with E-state index in [9.17, 15) is 14.4 Å². The number of carbonyl (C=O) groups is 3. The summed E-state index contributed by atoms with van der Waals surface area (Å²) >= 11 is 4.50. The van der Waals surface area contributed by atoms with Gasteiger partial charge in [0.25, 0.3) is 0 Å². The van der Waals surface area contributed by atoms with Gasteiger partial charge in [0.05, 0.1) is 43.9 Å². The van der Waals surface area contributed by atoms with Crippen molar-refractivity contribution in [1.29, 1.82) is 0 Å². The van der Waals surface area contributed by atoms with Crippen molar-refractivity contribution < 1.29 is 28.1 Å². The molecule has 3 atom stereocenters. The van der Waals surface area contributed by atoms with E-state index < -0.39 is 0 Å². The lowest BCUT2D eigenvalue weighted by Crippen LogP contribution is -2.41. The number of rotatable bonds is 36. The molecule has 1 amide bonds. The van der Waals surface area contributed by atoms with Gasteiger partial charge in [-0.2, -0.15) is 0 Å². The van der Waals surface area contributed by atoms with Crippen molar-refractivity contribution >= 4 is 29.7 Å². The van der Waals surface area contributed by atoms with E-state index in [1.54, 1.807) is 4.90 Å². The molecule has 0 saturated heterocycles. The lowest BCUT2D eigenvalue weighted by atomic mass is 9.94. The lowest BCUT2D eigenvalue weighted by Gasteiger charge is -2.25. The summed E-state index contributed by atoms with van der Waals surface area (Å²) in [5, 5.41) is 0. The van der Waals surface area contributed by atoms with Gasteiger partial charge in [0.2, 0.25) is 5.91 Å². The molecule has 0 bridgehead atoms. The van der Waals surface area contributed by atoms with Crippen LogP contribution in [0.3, 0.4) is 0 Å². The normalized spacial score (nSPS) is 12.6. The minimum Gasteiger partial charge on any atom is -0.464 e. The van der Waals surface area contributed by atoms with E-state index in [0.717, 1.165) is 82.6 Å². The van der Waals surface area contributed by atoms with Crippen molar-refractivity contribution in [2.45, 2.75) is 201 Å². The number of hydrogen-bond acceptors (Lipinski definition) is 7. The van der Waals surface area contributed by atoms with Crippen LogP contribution in [0.2, 0.25) is 0 Å². The lowest BCUT2D eigenvalue weighted by molar-refractivity contribution is -0.152. The fraction of sp³-hybridized carbons (Fsp3) is 0.809. The average Bonchev–Trinajstić information content (AvgIpc) is 3.18. The molecule has 0 fully saturated rings. The number of hydrogen-bond donors (Lipinski definition) is 1. The highest BCUT2D eigenvalue weighted by Crippen LogP contribution is 2.22. The Bertz CT molecular complexity index is 995. The third-order valence-electron chi connectivity index (χ3n) is 10.6. The molecule has 0 saturated carbocycles. The monoisotopic (exact) mass is 809 g/mol. The zero-order chi connectivity index (χ0) is 41.5. The molecule has 56 heavy (non-hydrogen) atoms. The third kappa shape index (κ3) is 30.9. The van der Waals surface area contributed by atoms with Crippen molar-refractivity contribution in [3.8, 4) is 0 Å². The number of nitrogens with zero attached hydrogens (tertiary/aromatic N) is 1. The maximum absolute atomic E-state index is 13.6. The van der Waals surface area contributed by atoms with Gasteiger partial charge >= 0.3 is 11.9 Å². The molecule has 1 aromatic carbocycles. The van der Waals surface area contributed by atoms with Crippen molar-refractivity contribution in [3.05, 3.63) is 35.9 Å². The number of halogens is 1. The number of unbranched alkanes of at least 4 members (excludes halogenated alkanes) is 16. The summed E-state index contributed by atoms with van der Waals surface area (Å²) in [4.78, 5) is 42.0. The van der Waals surface area contributed by atoms with Gasteiger partial charge in [-0.15, -0.1) is 0 Å². The molecule has 0 aliphatic heterocycles. The van der Waals surface area contributed by atoms with Crippen LogP contribution >= 0.6 is 11.9 Å². The van der Waals surface area contributed by atoms with E-state index in [2.05, 4.69) is 43.9 Å². The predicted molar refractivity (Wildman–Crippen MR) is 235 cm³/mol. The van der Waals surface area contributed by atoms with Gasteiger partial charge in [0.1, 0.15) is 13.2 Å². The smallest absolute Gasteiger partial charge is 0.308 e. The van der Waals surface area contributed by atoms with Crippen molar-refractivity contribution in [2.75, 3.05) is 33.4 Å². The van der Waals surface area contributed by atoms with E-state index in [1.165, 1.54) is 84.2 Å². The first-order chi connectivity index (χ1) is 27.3. The fourth-order valence-electron chi connectivity index (χ4n) is 7.19. The van der Waals surface area contributed by atoms with Crippen LogP contribution in [0.15, 0.2) is 30.3 Å². The number of amides is 1. The van der Waals surface area contributed by atoms with Gasteiger partial charge < -0.3 is 20.1 Å².